The molecule has 0 aromatic carbocycles. The number of hydrogen-bond acceptors (Lipinski definition) is 2. The summed E-state index contributed by atoms with van der Waals surface area (Å²) in [5.41, 5.74) is 5.20. The molecule has 0 aliphatic carbocycles. The van der Waals surface area contributed by atoms with Gasteiger partial charge in [0, 0.05) is 0 Å². The number of rotatable bonds is 4. The molecule has 50 valence electrons. The van der Waals surface area contributed by atoms with E-state index in [0.29, 0.717) is 6.54 Å². The Hall–Kier alpha value is -0.0800. The van der Waals surface area contributed by atoms with E-state index in [4.69, 9.17) is 10.8 Å². The Labute approximate surface area is 50.7 Å². The highest BCUT2D eigenvalue weighted by molar-refractivity contribution is 4.53. The van der Waals surface area contributed by atoms with Crippen LogP contribution in [-0.4, -0.2) is 17.8 Å². The maximum atomic E-state index is 8.97. The van der Waals surface area contributed by atoms with Gasteiger partial charge < -0.3 is 10.8 Å². The topological polar surface area (TPSA) is 46.2 Å². The third-order valence-electron chi connectivity index (χ3n) is 1.12. The largest absolute Gasteiger partial charge is 0.393 e. The van der Waals surface area contributed by atoms with E-state index in [2.05, 4.69) is 6.92 Å². The lowest BCUT2D eigenvalue weighted by atomic mass is 10.1. The van der Waals surface area contributed by atoms with Gasteiger partial charge in [-0.15, -0.1) is 0 Å². The monoisotopic (exact) mass is 117 g/mol. The summed E-state index contributed by atoms with van der Waals surface area (Å²) < 4.78 is 0. The van der Waals surface area contributed by atoms with Gasteiger partial charge in [0.1, 0.15) is 0 Å². The molecule has 0 rings (SSSR count). The quantitative estimate of drug-likeness (QED) is 0.563. The van der Waals surface area contributed by atoms with Gasteiger partial charge in [-0.2, -0.15) is 0 Å². The summed E-state index contributed by atoms with van der Waals surface area (Å²) in [4.78, 5) is 0. The Morgan fingerprint density at radius 2 is 2.12 bits per heavy atom. The predicted molar refractivity (Wildman–Crippen MR) is 34.6 cm³/mol. The molecule has 0 aromatic heterocycles. The highest BCUT2D eigenvalue weighted by Gasteiger charge is 1.97. The molecular formula is C6H15NO. The maximum absolute atomic E-state index is 8.97. The van der Waals surface area contributed by atoms with Crippen molar-refractivity contribution in [2.75, 3.05) is 6.54 Å². The van der Waals surface area contributed by atoms with Crippen LogP contribution in [0.5, 0.6) is 0 Å². The van der Waals surface area contributed by atoms with E-state index in [1.54, 1.807) is 0 Å². The summed E-state index contributed by atoms with van der Waals surface area (Å²) in [5, 5.41) is 8.97. The molecule has 0 aliphatic rings. The zero-order valence-electron chi connectivity index (χ0n) is 5.43. The second kappa shape index (κ2) is 5.06. The third-order valence-corrected chi connectivity index (χ3v) is 1.12. The van der Waals surface area contributed by atoms with Gasteiger partial charge >= 0.3 is 0 Å². The molecule has 0 heterocycles. The summed E-state index contributed by atoms with van der Waals surface area (Å²) >= 11 is 0. The fourth-order valence-electron chi connectivity index (χ4n) is 0.670. The summed E-state index contributed by atoms with van der Waals surface area (Å²) in [6.45, 7) is 2.65. The highest BCUT2D eigenvalue weighted by atomic mass is 16.3. The number of hydrogen-bond donors (Lipinski definition) is 2. The highest BCUT2D eigenvalue weighted by Crippen LogP contribution is 1.98. The first-order valence-electron chi connectivity index (χ1n) is 3.19. The number of aliphatic hydroxyl groups excluding tert-OH is 1. The molecule has 3 N–H and O–H groups in total. The zero-order chi connectivity index (χ0) is 6.41. The molecule has 0 saturated heterocycles. The Balaban J connectivity index is 2.92. The van der Waals surface area contributed by atoms with Crippen LogP contribution in [0, 0.1) is 0 Å². The number of nitrogens with two attached hydrogens (primary N) is 1. The van der Waals surface area contributed by atoms with E-state index in [-0.39, 0.29) is 6.10 Å². The predicted octanol–water partition coefficient (Wildman–Crippen LogP) is 0.496. The van der Waals surface area contributed by atoms with E-state index in [1.807, 2.05) is 0 Å². The van der Waals surface area contributed by atoms with Crippen LogP contribution in [0.1, 0.15) is 26.2 Å². The van der Waals surface area contributed by atoms with Gasteiger partial charge in [0.15, 0.2) is 0 Å². The average Bonchev–Trinajstić information content (AvgIpc) is 1.68. The fourth-order valence-corrected chi connectivity index (χ4v) is 0.670. The van der Waals surface area contributed by atoms with Crippen LogP contribution in [-0.2, 0) is 0 Å². The van der Waals surface area contributed by atoms with Crippen molar-refractivity contribution in [3.05, 3.63) is 0 Å². The van der Waals surface area contributed by atoms with Crippen molar-refractivity contribution in [2.24, 2.45) is 5.73 Å². The van der Waals surface area contributed by atoms with Gasteiger partial charge in [0.2, 0.25) is 0 Å². The molecule has 8 heavy (non-hydrogen) atoms. The van der Waals surface area contributed by atoms with Crippen LogP contribution in [0.2, 0.25) is 0 Å². The second-order valence-electron chi connectivity index (χ2n) is 2.02. The molecular weight excluding hydrogens is 102 g/mol. The lowest BCUT2D eigenvalue weighted by Gasteiger charge is -2.04. The van der Waals surface area contributed by atoms with Gasteiger partial charge in [0.05, 0.1) is 6.10 Å². The second-order valence-corrected chi connectivity index (χ2v) is 2.02. The molecule has 0 unspecified atom stereocenters. The SMILES string of the molecule is CCC[C@H](O)CCN. The first kappa shape index (κ1) is 7.92. The molecule has 0 amide bonds. The van der Waals surface area contributed by atoms with Crippen molar-refractivity contribution < 1.29 is 5.11 Å². The molecule has 2 heteroatoms. The summed E-state index contributed by atoms with van der Waals surface area (Å²) in [7, 11) is 0. The lowest BCUT2D eigenvalue weighted by molar-refractivity contribution is 0.156. The van der Waals surface area contributed by atoms with Crippen molar-refractivity contribution in [3.8, 4) is 0 Å². The van der Waals surface area contributed by atoms with Gasteiger partial charge in [-0.1, -0.05) is 13.3 Å². The van der Waals surface area contributed by atoms with Crippen molar-refractivity contribution in [1.29, 1.82) is 0 Å². The lowest BCUT2D eigenvalue weighted by Crippen LogP contribution is -2.12. The Morgan fingerprint density at radius 1 is 1.50 bits per heavy atom. The summed E-state index contributed by atoms with van der Waals surface area (Å²) in [5.74, 6) is 0. The smallest absolute Gasteiger partial charge is 0.0552 e. The molecule has 0 radical (unpaired) electrons. The van der Waals surface area contributed by atoms with E-state index in [1.165, 1.54) is 0 Å². The normalized spacial score (nSPS) is 13.9. The van der Waals surface area contributed by atoms with E-state index >= 15 is 0 Å². The standard InChI is InChI=1S/C6H15NO/c1-2-3-6(8)4-5-7/h6,8H,2-5,7H2,1H3/t6-/m0/s1. The van der Waals surface area contributed by atoms with Crippen LogP contribution in [0.4, 0.5) is 0 Å². The zero-order valence-corrected chi connectivity index (χ0v) is 5.43. The molecule has 0 aliphatic heterocycles. The van der Waals surface area contributed by atoms with Crippen LogP contribution >= 0.6 is 0 Å². The van der Waals surface area contributed by atoms with Crippen LogP contribution in [0.3, 0.4) is 0 Å². The van der Waals surface area contributed by atoms with Gasteiger partial charge in [-0.3, -0.25) is 0 Å². The summed E-state index contributed by atoms with van der Waals surface area (Å²) in [6.07, 6.45) is 2.51. The van der Waals surface area contributed by atoms with E-state index in [9.17, 15) is 0 Å². The first-order valence-corrected chi connectivity index (χ1v) is 3.19. The van der Waals surface area contributed by atoms with E-state index < -0.39 is 0 Å². The summed E-state index contributed by atoms with van der Waals surface area (Å²) in [6, 6.07) is 0. The van der Waals surface area contributed by atoms with Crippen molar-refractivity contribution in [3.63, 3.8) is 0 Å². The fraction of sp³-hybridized carbons (Fsp3) is 1.00. The van der Waals surface area contributed by atoms with E-state index in [0.717, 1.165) is 19.3 Å². The van der Waals surface area contributed by atoms with Gasteiger partial charge in [0.25, 0.3) is 0 Å². The third kappa shape index (κ3) is 4.09. The Morgan fingerprint density at radius 3 is 2.50 bits per heavy atom. The Kier molecular flexibility index (Phi) is 5.01. The number of aliphatic hydroxyl groups is 1. The maximum Gasteiger partial charge on any atom is 0.0552 e. The average molecular weight is 117 g/mol. The minimum absolute atomic E-state index is 0.162. The van der Waals surface area contributed by atoms with Crippen molar-refractivity contribution >= 4 is 0 Å². The minimum atomic E-state index is -0.162. The van der Waals surface area contributed by atoms with Crippen molar-refractivity contribution in [2.45, 2.75) is 32.3 Å². The molecule has 0 saturated carbocycles. The molecule has 2 nitrogen and oxygen atoms in total. The molecule has 1 atom stereocenters. The molecule has 0 bridgehead atoms. The van der Waals surface area contributed by atoms with Crippen LogP contribution in [0.15, 0.2) is 0 Å². The van der Waals surface area contributed by atoms with Crippen molar-refractivity contribution in [1.82, 2.24) is 0 Å². The first-order chi connectivity index (χ1) is 3.81. The van der Waals surface area contributed by atoms with Crippen LogP contribution < -0.4 is 5.73 Å². The van der Waals surface area contributed by atoms with Crippen LogP contribution in [0.25, 0.3) is 0 Å². The van der Waals surface area contributed by atoms with Gasteiger partial charge in [-0.25, -0.2) is 0 Å². The van der Waals surface area contributed by atoms with Gasteiger partial charge in [-0.05, 0) is 19.4 Å². The molecule has 0 aromatic rings. The molecule has 0 spiro atoms. The Bertz CT molecular complexity index is 41.8. The molecule has 0 fully saturated rings. The minimum Gasteiger partial charge on any atom is -0.393 e.